The van der Waals surface area contributed by atoms with Crippen molar-refractivity contribution in [2.24, 2.45) is 5.73 Å². The van der Waals surface area contributed by atoms with E-state index in [2.05, 4.69) is 5.32 Å². The van der Waals surface area contributed by atoms with Crippen LogP contribution in [0.3, 0.4) is 0 Å². The highest BCUT2D eigenvalue weighted by atomic mass is 35.5. The molecule has 2 aromatic carbocycles. The minimum Gasteiger partial charge on any atom is -0.366 e. The van der Waals surface area contributed by atoms with E-state index in [0.717, 1.165) is 5.56 Å². The molecule has 2 rings (SSSR count). The maximum absolute atomic E-state index is 12.0. The highest BCUT2D eigenvalue weighted by Crippen LogP contribution is 2.22. The molecule has 0 radical (unpaired) electrons. The fraction of sp³-hybridized carbons (Fsp3) is 0.0556. The summed E-state index contributed by atoms with van der Waals surface area (Å²) in [5, 5.41) is 12.2. The van der Waals surface area contributed by atoms with Crippen LogP contribution in [0.2, 0.25) is 5.02 Å². The third kappa shape index (κ3) is 4.45. The van der Waals surface area contributed by atoms with Crippen molar-refractivity contribution in [2.75, 3.05) is 0 Å². The normalized spacial score (nSPS) is 11.7. The van der Waals surface area contributed by atoms with Crippen molar-refractivity contribution < 1.29 is 9.59 Å². The van der Waals surface area contributed by atoms with Gasteiger partial charge in [0.1, 0.15) is 6.04 Å². The maximum Gasteiger partial charge on any atom is 0.248 e. The van der Waals surface area contributed by atoms with E-state index < -0.39 is 17.9 Å². The fourth-order valence-corrected chi connectivity index (χ4v) is 2.25. The zero-order valence-corrected chi connectivity index (χ0v) is 13.3. The van der Waals surface area contributed by atoms with E-state index in [1.165, 1.54) is 6.08 Å². The summed E-state index contributed by atoms with van der Waals surface area (Å²) in [6.45, 7) is 0. The van der Waals surface area contributed by atoms with Gasteiger partial charge in [-0.2, -0.15) is 5.26 Å². The van der Waals surface area contributed by atoms with Crippen LogP contribution in [0.15, 0.2) is 54.6 Å². The van der Waals surface area contributed by atoms with E-state index in [-0.39, 0.29) is 0 Å². The van der Waals surface area contributed by atoms with Gasteiger partial charge in [0.15, 0.2) is 0 Å². The van der Waals surface area contributed by atoms with Crippen LogP contribution in [0.25, 0.3) is 6.08 Å². The molecular weight excluding hydrogens is 326 g/mol. The number of nitrogens with two attached hydrogens (primary N) is 1. The minimum atomic E-state index is -0.840. The molecule has 0 bridgehead atoms. The van der Waals surface area contributed by atoms with Crippen LogP contribution >= 0.6 is 11.6 Å². The summed E-state index contributed by atoms with van der Waals surface area (Å²) in [6, 6.07) is 14.5. The smallest absolute Gasteiger partial charge is 0.248 e. The lowest BCUT2D eigenvalue weighted by Crippen LogP contribution is -2.25. The molecular formula is C18H14ClN3O2. The van der Waals surface area contributed by atoms with Crippen molar-refractivity contribution in [1.82, 2.24) is 5.32 Å². The number of nitrogens with zero attached hydrogens (tertiary/aromatic N) is 1. The molecule has 0 aliphatic heterocycles. The van der Waals surface area contributed by atoms with Gasteiger partial charge in [0, 0.05) is 22.2 Å². The van der Waals surface area contributed by atoms with Crippen molar-refractivity contribution in [3.63, 3.8) is 0 Å². The number of primary amides is 1. The van der Waals surface area contributed by atoms with Crippen LogP contribution in [-0.4, -0.2) is 11.8 Å². The monoisotopic (exact) mass is 339 g/mol. The summed E-state index contributed by atoms with van der Waals surface area (Å²) in [4.78, 5) is 23.0. The second-order valence-electron chi connectivity index (χ2n) is 4.91. The second kappa shape index (κ2) is 7.95. The zero-order chi connectivity index (χ0) is 17.5. The first-order chi connectivity index (χ1) is 11.5. The first kappa shape index (κ1) is 17.3. The first-order valence-electron chi connectivity index (χ1n) is 7.03. The zero-order valence-electron chi connectivity index (χ0n) is 12.6. The highest BCUT2D eigenvalue weighted by Gasteiger charge is 2.14. The fourth-order valence-electron chi connectivity index (χ4n) is 2.01. The van der Waals surface area contributed by atoms with Gasteiger partial charge in [0.05, 0.1) is 6.07 Å². The number of amides is 2. The van der Waals surface area contributed by atoms with Gasteiger partial charge < -0.3 is 11.1 Å². The Morgan fingerprint density at radius 3 is 2.42 bits per heavy atom. The quantitative estimate of drug-likeness (QED) is 0.820. The number of halogens is 1. The lowest BCUT2D eigenvalue weighted by molar-refractivity contribution is -0.116. The molecule has 2 amide bonds. The number of nitriles is 1. The Kier molecular flexibility index (Phi) is 5.72. The summed E-state index contributed by atoms with van der Waals surface area (Å²) in [6.07, 6.45) is 2.88. The molecule has 24 heavy (non-hydrogen) atoms. The molecule has 0 aliphatic carbocycles. The van der Waals surface area contributed by atoms with Crippen molar-refractivity contribution in [1.29, 1.82) is 5.26 Å². The molecule has 5 nitrogen and oxygen atoms in total. The number of carbonyl (C=O) groups is 2. The van der Waals surface area contributed by atoms with Crippen molar-refractivity contribution in [2.45, 2.75) is 6.04 Å². The van der Waals surface area contributed by atoms with E-state index in [1.54, 1.807) is 54.6 Å². The van der Waals surface area contributed by atoms with Crippen molar-refractivity contribution in [3.05, 3.63) is 76.3 Å². The number of hydrogen-bond donors (Lipinski definition) is 2. The van der Waals surface area contributed by atoms with Crippen molar-refractivity contribution in [3.8, 4) is 6.07 Å². The Balaban J connectivity index is 2.05. The molecule has 0 aliphatic rings. The van der Waals surface area contributed by atoms with E-state index >= 15 is 0 Å². The first-order valence-corrected chi connectivity index (χ1v) is 7.41. The summed E-state index contributed by atoms with van der Waals surface area (Å²) in [5.74, 6) is -0.944. The number of rotatable bonds is 5. The van der Waals surface area contributed by atoms with Gasteiger partial charge in [-0.15, -0.1) is 0 Å². The van der Waals surface area contributed by atoms with E-state index in [9.17, 15) is 14.9 Å². The SMILES string of the molecule is N#CC(NC(=O)/C=C/c1ccc(C(N)=O)cc1)c1ccccc1Cl. The van der Waals surface area contributed by atoms with E-state index in [1.807, 2.05) is 6.07 Å². The largest absolute Gasteiger partial charge is 0.366 e. The highest BCUT2D eigenvalue weighted by molar-refractivity contribution is 6.31. The van der Waals surface area contributed by atoms with Gasteiger partial charge in [-0.05, 0) is 29.8 Å². The number of hydrogen-bond acceptors (Lipinski definition) is 3. The van der Waals surface area contributed by atoms with Crippen LogP contribution in [0, 0.1) is 11.3 Å². The van der Waals surface area contributed by atoms with Gasteiger partial charge >= 0.3 is 0 Å². The third-order valence-electron chi connectivity index (χ3n) is 3.25. The van der Waals surface area contributed by atoms with E-state index in [4.69, 9.17) is 17.3 Å². The summed E-state index contributed by atoms with van der Waals surface area (Å²) < 4.78 is 0. The van der Waals surface area contributed by atoms with Gasteiger partial charge in [-0.25, -0.2) is 0 Å². The Morgan fingerprint density at radius 1 is 1.17 bits per heavy atom. The average molecular weight is 340 g/mol. The molecule has 0 heterocycles. The summed E-state index contributed by atoms with van der Waals surface area (Å²) in [7, 11) is 0. The standard InChI is InChI=1S/C18H14ClN3O2/c19-15-4-2-1-3-14(15)16(11-20)22-17(23)10-7-12-5-8-13(9-6-12)18(21)24/h1-10,16H,(H2,21,24)(H,22,23)/b10-7+. The van der Waals surface area contributed by atoms with Gasteiger partial charge in [-0.1, -0.05) is 41.9 Å². The van der Waals surface area contributed by atoms with Gasteiger partial charge in [-0.3, -0.25) is 9.59 Å². The lowest BCUT2D eigenvalue weighted by atomic mass is 10.1. The summed E-state index contributed by atoms with van der Waals surface area (Å²) in [5.41, 5.74) is 6.81. The molecule has 6 heteroatoms. The average Bonchev–Trinajstić information content (AvgIpc) is 2.59. The molecule has 1 atom stereocenters. The molecule has 0 fully saturated rings. The minimum absolute atomic E-state index is 0.389. The molecule has 1 unspecified atom stereocenters. The number of benzene rings is 2. The second-order valence-corrected chi connectivity index (χ2v) is 5.32. The molecule has 2 aromatic rings. The lowest BCUT2D eigenvalue weighted by Gasteiger charge is -2.11. The summed E-state index contributed by atoms with van der Waals surface area (Å²) >= 11 is 6.04. The molecule has 0 saturated carbocycles. The number of carbonyl (C=O) groups excluding carboxylic acids is 2. The maximum atomic E-state index is 12.0. The molecule has 120 valence electrons. The van der Waals surface area contributed by atoms with Crippen LogP contribution in [0.1, 0.15) is 27.5 Å². The van der Waals surface area contributed by atoms with Gasteiger partial charge in [0.2, 0.25) is 11.8 Å². The van der Waals surface area contributed by atoms with Gasteiger partial charge in [0.25, 0.3) is 0 Å². The molecule has 3 N–H and O–H groups in total. The topological polar surface area (TPSA) is 96.0 Å². The van der Waals surface area contributed by atoms with Crippen LogP contribution in [0.4, 0.5) is 0 Å². The molecule has 0 aromatic heterocycles. The Labute approximate surface area is 144 Å². The van der Waals surface area contributed by atoms with Crippen LogP contribution in [-0.2, 0) is 4.79 Å². The predicted octanol–water partition coefficient (Wildman–Crippen LogP) is 2.83. The number of nitrogens with one attached hydrogen (secondary N) is 1. The Bertz CT molecular complexity index is 823. The van der Waals surface area contributed by atoms with E-state index in [0.29, 0.717) is 16.1 Å². The molecule has 0 spiro atoms. The Hall–Kier alpha value is -3.10. The predicted molar refractivity (Wildman–Crippen MR) is 91.9 cm³/mol. The Morgan fingerprint density at radius 2 is 1.83 bits per heavy atom. The van der Waals surface area contributed by atoms with Crippen molar-refractivity contribution >= 4 is 29.5 Å². The van der Waals surface area contributed by atoms with Crippen LogP contribution in [0.5, 0.6) is 0 Å². The molecule has 0 saturated heterocycles. The third-order valence-corrected chi connectivity index (χ3v) is 3.60. The van der Waals surface area contributed by atoms with Crippen LogP contribution < -0.4 is 11.1 Å².